The van der Waals surface area contributed by atoms with Crippen molar-refractivity contribution < 1.29 is 9.53 Å². The van der Waals surface area contributed by atoms with Crippen molar-refractivity contribution in [1.29, 1.82) is 0 Å². The summed E-state index contributed by atoms with van der Waals surface area (Å²) in [6.45, 7) is 9.11. The van der Waals surface area contributed by atoms with Crippen LogP contribution in [0.25, 0.3) is 20.4 Å². The number of hydrogen-bond donors (Lipinski definition) is 1. The van der Waals surface area contributed by atoms with Gasteiger partial charge in [-0.3, -0.25) is 4.79 Å². The number of anilines is 1. The number of ether oxygens (including phenoxy) is 1. The van der Waals surface area contributed by atoms with Gasteiger partial charge in [0, 0.05) is 22.4 Å². The molecule has 3 aromatic heterocycles. The summed E-state index contributed by atoms with van der Waals surface area (Å²) in [5.41, 5.74) is 4.69. The van der Waals surface area contributed by atoms with Crippen LogP contribution in [0.5, 0.6) is 0 Å². The molecule has 5 rings (SSSR count). The zero-order chi connectivity index (χ0) is 24.9. The number of amides is 1. The standard InChI is InChI=1S/C25H24Cl2N4O2S2/c1-12(2)20-15-9-33-25(3,4)8-14(15)19-21-22(35-23(19)31-20)24(29-11-28-21)34-10-18(32)30-17-6-5-13(26)7-16(17)27/h5-7,11-12H,8-10H2,1-4H3,(H,30,32). The average Bonchev–Trinajstić information content (AvgIpc) is 3.17. The molecule has 1 N–H and O–H groups in total. The van der Waals surface area contributed by atoms with Gasteiger partial charge in [0.2, 0.25) is 5.91 Å². The molecule has 0 spiro atoms. The predicted octanol–water partition coefficient (Wildman–Crippen LogP) is 7.25. The molecule has 35 heavy (non-hydrogen) atoms. The minimum Gasteiger partial charge on any atom is -0.370 e. The molecule has 0 aliphatic carbocycles. The van der Waals surface area contributed by atoms with Crippen LogP contribution in [0, 0.1) is 0 Å². The van der Waals surface area contributed by atoms with Crippen LogP contribution in [0.1, 0.15) is 50.4 Å². The quantitative estimate of drug-likeness (QED) is 0.210. The summed E-state index contributed by atoms with van der Waals surface area (Å²) < 4.78 is 7.09. The van der Waals surface area contributed by atoms with Gasteiger partial charge in [0.15, 0.2) is 0 Å². The van der Waals surface area contributed by atoms with Crippen LogP contribution < -0.4 is 5.32 Å². The number of aromatic nitrogens is 3. The molecular weight excluding hydrogens is 523 g/mol. The number of rotatable bonds is 5. The molecule has 1 aromatic carbocycles. The molecule has 1 aliphatic rings. The Morgan fingerprint density at radius 2 is 2.06 bits per heavy atom. The highest BCUT2D eigenvalue weighted by atomic mass is 35.5. The Labute approximate surface area is 221 Å². The zero-order valence-corrected chi connectivity index (χ0v) is 22.9. The largest absolute Gasteiger partial charge is 0.370 e. The van der Waals surface area contributed by atoms with E-state index in [1.165, 1.54) is 22.9 Å². The summed E-state index contributed by atoms with van der Waals surface area (Å²) in [4.78, 5) is 27.8. The first-order chi connectivity index (χ1) is 16.6. The van der Waals surface area contributed by atoms with Gasteiger partial charge < -0.3 is 10.1 Å². The van der Waals surface area contributed by atoms with Crippen molar-refractivity contribution in [3.05, 3.63) is 51.4 Å². The maximum absolute atomic E-state index is 12.6. The molecule has 6 nitrogen and oxygen atoms in total. The lowest BCUT2D eigenvalue weighted by molar-refractivity contribution is -0.113. The third-order valence-corrected chi connectivity index (χ3v) is 8.67. The normalized spacial score (nSPS) is 15.1. The van der Waals surface area contributed by atoms with Crippen LogP contribution in [-0.4, -0.2) is 32.2 Å². The maximum Gasteiger partial charge on any atom is 0.234 e. The third kappa shape index (κ3) is 4.87. The summed E-state index contributed by atoms with van der Waals surface area (Å²) in [6.07, 6.45) is 2.36. The Bertz CT molecular complexity index is 1470. The summed E-state index contributed by atoms with van der Waals surface area (Å²) in [5, 5.41) is 5.60. The fourth-order valence-electron chi connectivity index (χ4n) is 4.30. The van der Waals surface area contributed by atoms with Crippen molar-refractivity contribution in [2.75, 3.05) is 11.1 Å². The third-order valence-electron chi connectivity index (χ3n) is 5.92. The Morgan fingerprint density at radius 1 is 1.26 bits per heavy atom. The lowest BCUT2D eigenvalue weighted by Gasteiger charge is -2.33. The number of halogens is 2. The van der Waals surface area contributed by atoms with Gasteiger partial charge in [0.25, 0.3) is 0 Å². The van der Waals surface area contributed by atoms with Crippen LogP contribution >= 0.6 is 46.3 Å². The van der Waals surface area contributed by atoms with E-state index in [2.05, 4.69) is 43.0 Å². The van der Waals surface area contributed by atoms with Crippen molar-refractivity contribution in [1.82, 2.24) is 15.0 Å². The van der Waals surface area contributed by atoms with Crippen molar-refractivity contribution in [2.45, 2.75) is 57.3 Å². The molecule has 0 radical (unpaired) electrons. The van der Waals surface area contributed by atoms with Gasteiger partial charge >= 0.3 is 0 Å². The molecule has 0 fully saturated rings. The smallest absolute Gasteiger partial charge is 0.234 e. The maximum atomic E-state index is 12.6. The molecule has 4 aromatic rings. The molecule has 0 bridgehead atoms. The average molecular weight is 548 g/mol. The van der Waals surface area contributed by atoms with Crippen LogP contribution in [0.3, 0.4) is 0 Å². The number of carbonyl (C=O) groups excluding carboxylic acids is 1. The number of pyridine rings is 1. The summed E-state index contributed by atoms with van der Waals surface area (Å²) in [7, 11) is 0. The molecule has 1 aliphatic heterocycles. The zero-order valence-electron chi connectivity index (χ0n) is 19.7. The second-order valence-corrected chi connectivity index (χ2v) is 12.2. The highest BCUT2D eigenvalue weighted by molar-refractivity contribution is 8.00. The number of thioether (sulfide) groups is 1. The first-order valence-electron chi connectivity index (χ1n) is 11.2. The van der Waals surface area contributed by atoms with Crippen molar-refractivity contribution in [3.8, 4) is 0 Å². The molecule has 0 saturated heterocycles. The lowest BCUT2D eigenvalue weighted by atomic mass is 9.87. The number of thiophene rings is 1. The van der Waals surface area contributed by atoms with E-state index in [1.54, 1.807) is 35.9 Å². The van der Waals surface area contributed by atoms with E-state index < -0.39 is 0 Å². The molecule has 4 heterocycles. The van der Waals surface area contributed by atoms with Crippen LogP contribution in [0.2, 0.25) is 10.0 Å². The SMILES string of the molecule is CC(C)c1nc2sc3c(SCC(=O)Nc4ccc(Cl)cc4Cl)ncnc3c2c2c1COC(C)(C)C2. The number of nitrogens with one attached hydrogen (secondary N) is 1. The van der Waals surface area contributed by atoms with Crippen molar-refractivity contribution in [2.24, 2.45) is 0 Å². The monoisotopic (exact) mass is 546 g/mol. The van der Waals surface area contributed by atoms with E-state index in [1.807, 2.05) is 0 Å². The minimum atomic E-state index is -0.255. The van der Waals surface area contributed by atoms with E-state index in [0.29, 0.717) is 22.3 Å². The molecular formula is C25H24Cl2N4O2S2. The van der Waals surface area contributed by atoms with E-state index in [-0.39, 0.29) is 23.2 Å². The van der Waals surface area contributed by atoms with Gasteiger partial charge in [-0.15, -0.1) is 11.3 Å². The minimum absolute atomic E-state index is 0.177. The molecule has 1 amide bonds. The summed E-state index contributed by atoms with van der Waals surface area (Å²) >= 11 is 15.1. The molecule has 182 valence electrons. The molecule has 10 heteroatoms. The number of benzene rings is 1. The molecule has 0 saturated carbocycles. The topological polar surface area (TPSA) is 77.0 Å². The highest BCUT2D eigenvalue weighted by Gasteiger charge is 2.32. The van der Waals surface area contributed by atoms with E-state index >= 15 is 0 Å². The number of nitrogens with zero attached hydrogens (tertiary/aromatic N) is 3. The summed E-state index contributed by atoms with van der Waals surface area (Å²) in [5.74, 6) is 0.290. The molecule has 0 atom stereocenters. The predicted molar refractivity (Wildman–Crippen MR) is 145 cm³/mol. The van der Waals surface area contributed by atoms with Gasteiger partial charge in [0.1, 0.15) is 16.2 Å². The number of hydrogen-bond acceptors (Lipinski definition) is 7. The Hall–Kier alpha value is -1.97. The van der Waals surface area contributed by atoms with Crippen LogP contribution in [0.15, 0.2) is 29.6 Å². The van der Waals surface area contributed by atoms with Crippen molar-refractivity contribution >= 4 is 78.3 Å². The van der Waals surface area contributed by atoms with Crippen LogP contribution in [0.4, 0.5) is 5.69 Å². The Kier molecular flexibility index (Phi) is 6.70. The van der Waals surface area contributed by atoms with Crippen molar-refractivity contribution in [3.63, 3.8) is 0 Å². The molecule has 0 unspecified atom stereocenters. The van der Waals surface area contributed by atoms with Gasteiger partial charge in [-0.2, -0.15) is 0 Å². The first kappa shape index (κ1) is 24.7. The van der Waals surface area contributed by atoms with Gasteiger partial charge in [-0.25, -0.2) is 15.0 Å². The lowest BCUT2D eigenvalue weighted by Crippen LogP contribution is -2.32. The van der Waals surface area contributed by atoms with Gasteiger partial charge in [-0.05, 0) is 43.5 Å². The highest BCUT2D eigenvalue weighted by Crippen LogP contribution is 2.43. The fourth-order valence-corrected chi connectivity index (χ4v) is 6.80. The van der Waals surface area contributed by atoms with Crippen LogP contribution in [-0.2, 0) is 22.6 Å². The summed E-state index contributed by atoms with van der Waals surface area (Å²) in [6, 6.07) is 4.98. The van der Waals surface area contributed by atoms with E-state index in [9.17, 15) is 4.79 Å². The Balaban J connectivity index is 1.50. The second kappa shape index (κ2) is 9.48. The number of carbonyl (C=O) groups is 1. The number of fused-ring (bicyclic) bond motifs is 5. The fraction of sp³-hybridized carbons (Fsp3) is 0.360. The first-order valence-corrected chi connectivity index (χ1v) is 13.8. The van der Waals surface area contributed by atoms with E-state index in [0.717, 1.165) is 37.6 Å². The van der Waals surface area contributed by atoms with E-state index in [4.69, 9.17) is 32.9 Å². The Morgan fingerprint density at radius 3 is 2.80 bits per heavy atom. The second-order valence-electron chi connectivity index (χ2n) is 9.43. The van der Waals surface area contributed by atoms with Gasteiger partial charge in [-0.1, -0.05) is 48.8 Å². The van der Waals surface area contributed by atoms with Gasteiger partial charge in [0.05, 0.1) is 44.6 Å².